The molecule has 2 aromatic carbocycles. The maximum Gasteiger partial charge on any atom is 0.329 e. The summed E-state index contributed by atoms with van der Waals surface area (Å²) in [6, 6.07) is 12.1. The summed E-state index contributed by atoms with van der Waals surface area (Å²) in [5, 5.41) is 0. The van der Waals surface area contributed by atoms with Gasteiger partial charge in [-0.05, 0) is 29.3 Å². The minimum atomic E-state index is -4.12. The summed E-state index contributed by atoms with van der Waals surface area (Å²) in [4.78, 5) is 32.0. The van der Waals surface area contributed by atoms with Crippen LogP contribution in [0.1, 0.15) is 21.5 Å². The average molecular weight is 366 g/mol. The van der Waals surface area contributed by atoms with Gasteiger partial charge in [-0.2, -0.15) is 0 Å². The number of nitrogens with zero attached hydrogens (tertiary/aromatic N) is 1. The number of carbonyl (C=O) groups is 1. The number of halogens is 1. The molecule has 2 rings (SSSR count). The lowest BCUT2D eigenvalue weighted by atomic mass is 10.1. The van der Waals surface area contributed by atoms with E-state index in [-0.39, 0.29) is 30.7 Å². The topological polar surface area (TPSA) is 104 Å². The first-order valence-corrected chi connectivity index (χ1v) is 9.45. The molecule has 134 valence electrons. The average Bonchev–Trinajstić information content (AvgIpc) is 2.54. The van der Waals surface area contributed by atoms with E-state index in [0.29, 0.717) is 12.1 Å². The molecule has 0 aliphatic carbocycles. The van der Waals surface area contributed by atoms with Gasteiger partial charge in [0.15, 0.2) is 0 Å². The molecule has 0 saturated heterocycles. The number of benzene rings is 2. The molecule has 0 unspecified atom stereocenters. The molecular weight excluding hydrogens is 346 g/mol. The fraction of sp³-hybridized carbons (Fsp3) is 0.235. The predicted octanol–water partition coefficient (Wildman–Crippen LogP) is 2.10. The van der Waals surface area contributed by atoms with Crippen molar-refractivity contribution in [3.8, 4) is 0 Å². The highest BCUT2D eigenvalue weighted by Crippen LogP contribution is 2.38. The maximum absolute atomic E-state index is 13.3. The second kappa shape index (κ2) is 8.36. The molecule has 0 radical (unpaired) electrons. The Balaban J connectivity index is 2.13. The first kappa shape index (κ1) is 19.3. The Bertz CT molecular complexity index is 776. The Labute approximate surface area is 145 Å². The number of hydrogen-bond acceptors (Lipinski definition) is 3. The van der Waals surface area contributed by atoms with Crippen molar-refractivity contribution in [2.45, 2.75) is 12.7 Å². The van der Waals surface area contributed by atoms with Gasteiger partial charge in [0.1, 0.15) is 5.82 Å². The third-order valence-corrected chi connectivity index (χ3v) is 4.32. The van der Waals surface area contributed by atoms with Crippen molar-refractivity contribution < 1.29 is 23.5 Å². The normalized spacial score (nSPS) is 11.4. The van der Waals surface area contributed by atoms with Crippen LogP contribution >= 0.6 is 7.60 Å². The second-order valence-corrected chi connectivity index (χ2v) is 7.31. The highest BCUT2D eigenvalue weighted by Gasteiger charge is 2.17. The number of rotatable bonds is 7. The fourth-order valence-electron chi connectivity index (χ4n) is 2.42. The van der Waals surface area contributed by atoms with Gasteiger partial charge in [-0.25, -0.2) is 4.39 Å². The molecule has 0 atom stereocenters. The SMILES string of the molecule is NCCN(Cc1ccc(CP(=O)(O)O)cc1)C(=O)c1cccc(F)c1. The molecule has 1 amide bonds. The van der Waals surface area contributed by atoms with E-state index in [2.05, 4.69) is 0 Å². The summed E-state index contributed by atoms with van der Waals surface area (Å²) in [7, 11) is -4.12. The third kappa shape index (κ3) is 6.07. The Morgan fingerprint density at radius 2 is 1.76 bits per heavy atom. The van der Waals surface area contributed by atoms with Crippen LogP contribution in [0.2, 0.25) is 0 Å². The van der Waals surface area contributed by atoms with Gasteiger partial charge in [0.25, 0.3) is 5.91 Å². The van der Waals surface area contributed by atoms with Crippen LogP contribution in [0.25, 0.3) is 0 Å². The zero-order valence-corrected chi connectivity index (χ0v) is 14.4. The quantitative estimate of drug-likeness (QED) is 0.651. The second-order valence-electron chi connectivity index (χ2n) is 5.67. The molecule has 0 fully saturated rings. The van der Waals surface area contributed by atoms with Crippen molar-refractivity contribution >= 4 is 13.5 Å². The van der Waals surface area contributed by atoms with E-state index in [1.807, 2.05) is 0 Å². The molecule has 4 N–H and O–H groups in total. The molecule has 0 spiro atoms. The molecule has 0 heterocycles. The molecule has 8 heteroatoms. The van der Waals surface area contributed by atoms with Crippen molar-refractivity contribution in [2.75, 3.05) is 13.1 Å². The van der Waals surface area contributed by atoms with Gasteiger partial charge < -0.3 is 20.4 Å². The maximum atomic E-state index is 13.3. The van der Waals surface area contributed by atoms with Crippen LogP contribution in [0.3, 0.4) is 0 Å². The van der Waals surface area contributed by atoms with E-state index in [1.54, 1.807) is 24.3 Å². The molecule has 0 aliphatic heterocycles. The number of carbonyl (C=O) groups excluding carboxylic acids is 1. The first-order valence-electron chi connectivity index (χ1n) is 7.66. The Kier molecular flexibility index (Phi) is 6.45. The van der Waals surface area contributed by atoms with Crippen molar-refractivity contribution in [3.63, 3.8) is 0 Å². The summed E-state index contributed by atoms with van der Waals surface area (Å²) < 4.78 is 24.3. The smallest absolute Gasteiger partial charge is 0.329 e. The number of amides is 1. The molecule has 0 aliphatic rings. The highest BCUT2D eigenvalue weighted by molar-refractivity contribution is 7.50. The van der Waals surface area contributed by atoms with Crippen LogP contribution in [0.5, 0.6) is 0 Å². The van der Waals surface area contributed by atoms with Crippen molar-refractivity contribution in [1.29, 1.82) is 0 Å². The molecular formula is C17H20FN2O4P. The molecule has 0 aromatic heterocycles. The minimum absolute atomic E-state index is 0.242. The zero-order valence-electron chi connectivity index (χ0n) is 13.5. The van der Waals surface area contributed by atoms with Gasteiger partial charge in [0.05, 0.1) is 6.16 Å². The van der Waals surface area contributed by atoms with Crippen LogP contribution in [-0.4, -0.2) is 33.7 Å². The zero-order chi connectivity index (χ0) is 18.4. The number of hydrogen-bond donors (Lipinski definition) is 3. The Morgan fingerprint density at radius 3 is 2.32 bits per heavy atom. The van der Waals surface area contributed by atoms with Gasteiger partial charge in [-0.3, -0.25) is 9.36 Å². The summed E-state index contributed by atoms with van der Waals surface area (Å²) in [5.74, 6) is -0.815. The van der Waals surface area contributed by atoms with Crippen LogP contribution in [-0.2, 0) is 17.3 Å². The summed E-state index contributed by atoms with van der Waals surface area (Å²) in [6.45, 7) is 0.833. The lowest BCUT2D eigenvalue weighted by molar-refractivity contribution is 0.0747. The lowest BCUT2D eigenvalue weighted by Crippen LogP contribution is -2.34. The largest absolute Gasteiger partial charge is 0.333 e. The summed E-state index contributed by atoms with van der Waals surface area (Å²) >= 11 is 0. The fourth-order valence-corrected chi connectivity index (χ4v) is 3.11. The third-order valence-electron chi connectivity index (χ3n) is 3.54. The van der Waals surface area contributed by atoms with E-state index >= 15 is 0 Å². The van der Waals surface area contributed by atoms with Crippen LogP contribution in [0, 0.1) is 5.82 Å². The highest BCUT2D eigenvalue weighted by atomic mass is 31.2. The Morgan fingerprint density at radius 1 is 1.12 bits per heavy atom. The van der Waals surface area contributed by atoms with E-state index in [1.165, 1.54) is 29.2 Å². The van der Waals surface area contributed by atoms with Gasteiger partial charge in [0.2, 0.25) is 0 Å². The number of nitrogens with two attached hydrogens (primary N) is 1. The molecule has 0 saturated carbocycles. The minimum Gasteiger partial charge on any atom is -0.333 e. The van der Waals surface area contributed by atoms with Gasteiger partial charge in [-0.15, -0.1) is 0 Å². The van der Waals surface area contributed by atoms with Crippen molar-refractivity contribution in [2.24, 2.45) is 5.73 Å². The van der Waals surface area contributed by atoms with E-state index in [4.69, 9.17) is 15.5 Å². The summed E-state index contributed by atoms with van der Waals surface area (Å²) in [5.41, 5.74) is 7.11. The molecule has 25 heavy (non-hydrogen) atoms. The van der Waals surface area contributed by atoms with Crippen LogP contribution in [0.4, 0.5) is 4.39 Å². The predicted molar refractivity (Wildman–Crippen MR) is 92.4 cm³/mol. The first-order chi connectivity index (χ1) is 11.8. The lowest BCUT2D eigenvalue weighted by Gasteiger charge is -2.22. The summed E-state index contributed by atoms with van der Waals surface area (Å²) in [6.07, 6.45) is -0.331. The molecule has 2 aromatic rings. The standard InChI is InChI=1S/C17H20FN2O4P/c18-16-3-1-2-15(10-16)17(21)20(9-8-19)11-13-4-6-14(7-5-13)12-25(22,23)24/h1-7,10H,8-9,11-12,19H2,(H2,22,23,24). The molecule has 0 bridgehead atoms. The van der Waals surface area contributed by atoms with Gasteiger partial charge in [0, 0.05) is 25.2 Å². The van der Waals surface area contributed by atoms with Crippen molar-refractivity contribution in [3.05, 3.63) is 71.0 Å². The van der Waals surface area contributed by atoms with E-state index in [9.17, 15) is 13.8 Å². The van der Waals surface area contributed by atoms with Crippen LogP contribution in [0.15, 0.2) is 48.5 Å². The van der Waals surface area contributed by atoms with Gasteiger partial charge >= 0.3 is 7.60 Å². The van der Waals surface area contributed by atoms with Crippen LogP contribution < -0.4 is 5.73 Å². The van der Waals surface area contributed by atoms with Crippen molar-refractivity contribution in [1.82, 2.24) is 4.90 Å². The Hall–Kier alpha value is -2.05. The monoisotopic (exact) mass is 366 g/mol. The van der Waals surface area contributed by atoms with E-state index < -0.39 is 13.4 Å². The molecule has 6 nitrogen and oxygen atoms in total. The van der Waals surface area contributed by atoms with E-state index in [0.717, 1.165) is 5.56 Å². The van der Waals surface area contributed by atoms with Gasteiger partial charge in [-0.1, -0.05) is 30.3 Å².